The van der Waals surface area contributed by atoms with E-state index in [2.05, 4.69) is 52.6 Å². The van der Waals surface area contributed by atoms with E-state index in [0.717, 1.165) is 69.0 Å². The van der Waals surface area contributed by atoms with Crippen LogP contribution < -0.4 is 38.1 Å². The van der Waals surface area contributed by atoms with Crippen molar-refractivity contribution in [1.29, 1.82) is 0 Å². The largest absolute Gasteiger partial charge is 0.445 e. The monoisotopic (exact) mass is 861 g/mol. The summed E-state index contributed by atoms with van der Waals surface area (Å²) >= 11 is 0. The van der Waals surface area contributed by atoms with E-state index in [1.54, 1.807) is 24.3 Å². The van der Waals surface area contributed by atoms with Crippen molar-refractivity contribution in [2.45, 2.75) is 122 Å². The Morgan fingerprint density at radius 1 is 0.730 bits per heavy atom. The van der Waals surface area contributed by atoms with Gasteiger partial charge in [-0.15, -0.1) is 0 Å². The minimum Gasteiger partial charge on any atom is -0.445 e. The molecule has 0 radical (unpaired) electrons. The summed E-state index contributed by atoms with van der Waals surface area (Å²) in [6.07, 6.45) is 9.30. The minimum atomic E-state index is -0.749. The summed E-state index contributed by atoms with van der Waals surface area (Å²) in [7, 11) is 0. The molecule has 0 spiro atoms. The van der Waals surface area contributed by atoms with Gasteiger partial charge in [0.05, 0.1) is 10.8 Å². The molecule has 7 rings (SSSR count). The lowest BCUT2D eigenvalue weighted by atomic mass is 9.49. The number of primary amides is 1. The standard InChI is InChI=1S/C49H63N7O7/c1-47-23-7-24-49(3,40(47)21-15-32-12-16-33(50)26-39(32)47)44(60)56-43(59)48(2)22-6-8-36-37-27-35(19-13-31(37)14-20-38(36)48)55-42(58)28-53-46(62)63-29-30-10-17-34(18-11-30)54-41(57)9-4-5-25-52-45(51)61/h10-13,16-19,26-27,36,38,40H,4-9,14-15,20-25,28-29,50H2,1-3H3,(H,53,62)(H,54,57)(H,55,58)(H3,51,52,61)(H,56,59,60)/t36?,38?,40?,47?,48?,49-/m0/s1. The van der Waals surface area contributed by atoms with Crippen molar-refractivity contribution >= 4 is 52.8 Å². The van der Waals surface area contributed by atoms with Gasteiger partial charge in [-0.3, -0.25) is 24.5 Å². The van der Waals surface area contributed by atoms with Crippen LogP contribution in [0.15, 0.2) is 60.7 Å². The van der Waals surface area contributed by atoms with Crippen molar-refractivity contribution in [3.05, 3.63) is 88.5 Å². The summed E-state index contributed by atoms with van der Waals surface area (Å²) in [6, 6.07) is 18.4. The fourth-order valence-corrected chi connectivity index (χ4v) is 11.5. The van der Waals surface area contributed by atoms with Crippen LogP contribution >= 0.6 is 0 Å². The van der Waals surface area contributed by atoms with Crippen molar-refractivity contribution in [1.82, 2.24) is 16.0 Å². The van der Waals surface area contributed by atoms with E-state index in [0.29, 0.717) is 49.2 Å². The number of benzene rings is 3. The van der Waals surface area contributed by atoms with E-state index in [9.17, 15) is 28.8 Å². The van der Waals surface area contributed by atoms with Gasteiger partial charge in [0.15, 0.2) is 0 Å². The molecule has 14 heteroatoms. The first-order valence-corrected chi connectivity index (χ1v) is 22.6. The van der Waals surface area contributed by atoms with E-state index >= 15 is 0 Å². The normalized spacial score (nSPS) is 25.7. The Morgan fingerprint density at radius 2 is 1.43 bits per heavy atom. The molecule has 0 bridgehead atoms. The van der Waals surface area contributed by atoms with E-state index < -0.39 is 28.9 Å². The second-order valence-electron chi connectivity index (χ2n) is 18.9. The van der Waals surface area contributed by atoms with Gasteiger partial charge in [-0.25, -0.2) is 9.59 Å². The van der Waals surface area contributed by atoms with Crippen molar-refractivity contribution in [3.63, 3.8) is 0 Å². The quantitative estimate of drug-likeness (QED) is 0.0532. The Morgan fingerprint density at radius 3 is 2.21 bits per heavy atom. The first-order valence-electron chi connectivity index (χ1n) is 22.6. The van der Waals surface area contributed by atoms with Crippen LogP contribution in [-0.2, 0) is 48.8 Å². The maximum absolute atomic E-state index is 14.5. The van der Waals surface area contributed by atoms with E-state index in [1.807, 2.05) is 31.2 Å². The number of imide groups is 1. The van der Waals surface area contributed by atoms with Crippen LogP contribution in [0.2, 0.25) is 0 Å². The zero-order valence-corrected chi connectivity index (χ0v) is 36.8. The van der Waals surface area contributed by atoms with Crippen molar-refractivity contribution in [2.75, 3.05) is 29.5 Å². The van der Waals surface area contributed by atoms with Crippen LogP contribution in [0.5, 0.6) is 0 Å². The molecule has 3 aromatic carbocycles. The molecule has 336 valence electrons. The van der Waals surface area contributed by atoms with Gasteiger partial charge in [-0.1, -0.05) is 57.9 Å². The van der Waals surface area contributed by atoms with Gasteiger partial charge >= 0.3 is 12.1 Å². The molecule has 7 amide bonds. The maximum atomic E-state index is 14.5. The Bertz CT molecular complexity index is 2250. The fraction of sp³-hybridized carbons (Fsp3) is 0.510. The number of carbonyl (C=O) groups is 6. The number of alkyl carbamates (subject to hydrolysis) is 1. The lowest BCUT2D eigenvalue weighted by Gasteiger charge is -2.55. The number of carbonyl (C=O) groups excluding carboxylic acids is 6. The first kappa shape index (κ1) is 45.1. The molecule has 63 heavy (non-hydrogen) atoms. The van der Waals surface area contributed by atoms with Crippen LogP contribution in [0.3, 0.4) is 0 Å². The molecule has 14 nitrogen and oxygen atoms in total. The molecule has 3 aromatic rings. The second-order valence-corrected chi connectivity index (χ2v) is 18.9. The third-order valence-corrected chi connectivity index (χ3v) is 14.8. The van der Waals surface area contributed by atoms with Gasteiger partial charge in [-0.05, 0) is 152 Å². The summed E-state index contributed by atoms with van der Waals surface area (Å²) in [5.74, 6) is -0.672. The van der Waals surface area contributed by atoms with E-state index in [4.69, 9.17) is 16.2 Å². The highest BCUT2D eigenvalue weighted by Gasteiger charge is 2.56. The van der Waals surface area contributed by atoms with E-state index in [-0.39, 0.29) is 54.0 Å². The van der Waals surface area contributed by atoms with Crippen LogP contribution in [0, 0.1) is 22.7 Å². The summed E-state index contributed by atoms with van der Waals surface area (Å²) in [4.78, 5) is 77.3. The molecule has 9 N–H and O–H groups in total. The molecule has 2 saturated carbocycles. The van der Waals surface area contributed by atoms with Gasteiger partial charge in [0.2, 0.25) is 23.6 Å². The van der Waals surface area contributed by atoms with Crippen molar-refractivity contribution in [3.8, 4) is 0 Å². The first-order chi connectivity index (χ1) is 30.1. The molecule has 0 heterocycles. The molecule has 5 unspecified atom stereocenters. The number of urea groups is 1. The number of rotatable bonds is 13. The van der Waals surface area contributed by atoms with Gasteiger partial charge in [0.1, 0.15) is 13.2 Å². The Balaban J connectivity index is 0.899. The number of unbranched alkanes of at least 4 members (excludes halogenated alkanes) is 1. The second kappa shape index (κ2) is 18.8. The van der Waals surface area contributed by atoms with Gasteiger partial charge in [0.25, 0.3) is 0 Å². The molecule has 4 aliphatic carbocycles. The van der Waals surface area contributed by atoms with Crippen LogP contribution in [0.4, 0.5) is 26.7 Å². The Kier molecular flexibility index (Phi) is 13.5. The van der Waals surface area contributed by atoms with E-state index in [1.165, 1.54) is 16.7 Å². The number of hydrogen-bond donors (Lipinski definition) is 7. The predicted molar refractivity (Wildman–Crippen MR) is 241 cm³/mol. The summed E-state index contributed by atoms with van der Waals surface area (Å²) in [5.41, 5.74) is 17.2. The molecule has 4 aliphatic rings. The fourth-order valence-electron chi connectivity index (χ4n) is 11.5. The van der Waals surface area contributed by atoms with Crippen LogP contribution in [0.25, 0.3) is 0 Å². The topological polar surface area (TPSA) is 224 Å². The summed E-state index contributed by atoms with van der Waals surface area (Å²) in [6.45, 7) is 6.48. The number of nitrogens with one attached hydrogen (secondary N) is 5. The average Bonchev–Trinajstić information content (AvgIpc) is 3.25. The predicted octanol–water partition coefficient (Wildman–Crippen LogP) is 7.10. The van der Waals surface area contributed by atoms with Gasteiger partial charge in [-0.2, -0.15) is 0 Å². The molecule has 2 fully saturated rings. The molecular formula is C49H63N7O7. The average molecular weight is 862 g/mol. The molecule has 0 aliphatic heterocycles. The summed E-state index contributed by atoms with van der Waals surface area (Å²) < 4.78 is 5.31. The van der Waals surface area contributed by atoms with Crippen LogP contribution in [-0.4, -0.2) is 48.8 Å². The smallest absolute Gasteiger partial charge is 0.407 e. The molecule has 0 aromatic heterocycles. The number of ether oxygens (including phenoxy) is 1. The third-order valence-electron chi connectivity index (χ3n) is 14.8. The lowest BCUT2D eigenvalue weighted by Crippen LogP contribution is -2.58. The Labute approximate surface area is 369 Å². The zero-order valence-electron chi connectivity index (χ0n) is 36.8. The minimum absolute atomic E-state index is 0.0305. The number of aryl methyl sites for hydroxylation is 2. The molecule has 0 saturated heterocycles. The van der Waals surface area contributed by atoms with Crippen molar-refractivity contribution < 1.29 is 33.5 Å². The SMILES string of the molecule is CC1(C(=O)NC(=O)[C@@]2(C)CCCC3(C)c4cc(N)ccc4CCC32)CCCC2c3cc(NC(=O)CNC(=O)OCc4ccc(NC(=O)CCCCNC(N)=O)cc4)ccc3CCC21. The zero-order chi connectivity index (χ0) is 44.9. The Hall–Kier alpha value is -5.92. The number of amides is 7. The van der Waals surface area contributed by atoms with Crippen molar-refractivity contribution in [2.24, 2.45) is 28.4 Å². The number of hydrogen-bond acceptors (Lipinski definition) is 8. The van der Waals surface area contributed by atoms with Gasteiger partial charge < -0.3 is 37.5 Å². The lowest BCUT2D eigenvalue weighted by molar-refractivity contribution is -0.149. The number of fused-ring (bicyclic) bond motifs is 6. The maximum Gasteiger partial charge on any atom is 0.407 e. The third kappa shape index (κ3) is 9.84. The highest BCUT2D eigenvalue weighted by molar-refractivity contribution is 6.01. The van der Waals surface area contributed by atoms with Crippen LogP contribution in [0.1, 0.15) is 125 Å². The molecule has 6 atom stereocenters. The summed E-state index contributed by atoms with van der Waals surface area (Å²) in [5, 5.41) is 13.7. The highest BCUT2D eigenvalue weighted by Crippen LogP contribution is 2.58. The number of nitrogen functional groups attached to an aromatic ring is 1. The number of nitrogens with two attached hydrogens (primary N) is 2. The number of anilines is 3. The molecular weight excluding hydrogens is 799 g/mol. The highest BCUT2D eigenvalue weighted by atomic mass is 16.5. The van der Waals surface area contributed by atoms with Gasteiger partial charge in [0, 0.05) is 30.0 Å².